The van der Waals surface area contributed by atoms with Gasteiger partial charge in [0.05, 0.1) is 24.1 Å². The Labute approximate surface area is 253 Å². The van der Waals surface area contributed by atoms with Gasteiger partial charge in [-0.25, -0.2) is 19.6 Å². The Kier molecular flexibility index (Phi) is 7.90. The largest absolute Gasteiger partial charge is 0.508 e. The number of nitrogens with one attached hydrogen (secondary N) is 3. The molecule has 0 unspecified atom stereocenters. The summed E-state index contributed by atoms with van der Waals surface area (Å²) in [6, 6.07) is 20.2. The highest BCUT2D eigenvalue weighted by Crippen LogP contribution is 2.30. The number of hydrogen-bond acceptors (Lipinski definition) is 6. The lowest BCUT2D eigenvalue weighted by Gasteiger charge is -2.55. The van der Waals surface area contributed by atoms with Gasteiger partial charge in [0, 0.05) is 26.1 Å². The van der Waals surface area contributed by atoms with Gasteiger partial charge in [0.15, 0.2) is 0 Å². The lowest BCUT2D eigenvalue weighted by molar-refractivity contribution is -0.189. The summed E-state index contributed by atoms with van der Waals surface area (Å²) < 4.78 is 0. The van der Waals surface area contributed by atoms with Gasteiger partial charge in [0.25, 0.3) is 0 Å². The predicted molar refractivity (Wildman–Crippen MR) is 163 cm³/mol. The lowest BCUT2D eigenvalue weighted by Crippen LogP contribution is -2.76. The van der Waals surface area contributed by atoms with Gasteiger partial charge in [-0.15, -0.1) is 6.58 Å². The molecule has 0 saturated carbocycles. The Morgan fingerprint density at radius 1 is 0.955 bits per heavy atom. The second kappa shape index (κ2) is 12.1. The highest BCUT2D eigenvalue weighted by molar-refractivity contribution is 5.92. The zero-order valence-electron chi connectivity index (χ0n) is 24.0. The van der Waals surface area contributed by atoms with E-state index in [0.717, 1.165) is 16.7 Å². The molecular formula is C32H33N7O5. The number of hydrogen-bond donors (Lipinski definition) is 4. The van der Waals surface area contributed by atoms with Crippen LogP contribution in [0.25, 0.3) is 11.0 Å². The van der Waals surface area contributed by atoms with Gasteiger partial charge in [-0.1, -0.05) is 54.6 Å². The van der Waals surface area contributed by atoms with Gasteiger partial charge in [0.1, 0.15) is 18.0 Å². The van der Waals surface area contributed by atoms with Gasteiger partial charge in [0.2, 0.25) is 11.8 Å². The topological polar surface area (TPSA) is 145 Å². The Morgan fingerprint density at radius 2 is 1.68 bits per heavy atom. The maximum absolute atomic E-state index is 14.1. The molecule has 226 valence electrons. The summed E-state index contributed by atoms with van der Waals surface area (Å²) in [6.45, 7) is 4.54. The van der Waals surface area contributed by atoms with Crippen molar-refractivity contribution in [1.82, 2.24) is 35.1 Å². The third-order valence-electron chi connectivity index (χ3n) is 7.98. The Hall–Kier alpha value is -5.36. The summed E-state index contributed by atoms with van der Waals surface area (Å²) >= 11 is 0. The molecule has 6 rings (SSSR count). The molecule has 2 fully saturated rings. The second-order valence-corrected chi connectivity index (χ2v) is 11.0. The van der Waals surface area contributed by atoms with Gasteiger partial charge >= 0.3 is 11.7 Å². The molecule has 4 amide bonds. The van der Waals surface area contributed by atoms with E-state index in [0.29, 0.717) is 11.0 Å². The van der Waals surface area contributed by atoms with Crippen molar-refractivity contribution < 1.29 is 19.5 Å². The van der Waals surface area contributed by atoms with Gasteiger partial charge in [-0.2, -0.15) is 0 Å². The zero-order chi connectivity index (χ0) is 30.8. The summed E-state index contributed by atoms with van der Waals surface area (Å²) in [6.07, 6.45) is 1.04. The number of aromatic nitrogens is 2. The number of rotatable bonds is 8. The number of hydrazine groups is 1. The van der Waals surface area contributed by atoms with Crippen molar-refractivity contribution >= 4 is 28.9 Å². The fourth-order valence-electron chi connectivity index (χ4n) is 5.95. The minimum Gasteiger partial charge on any atom is -0.508 e. The number of aromatic amines is 2. The van der Waals surface area contributed by atoms with Gasteiger partial charge < -0.3 is 30.2 Å². The van der Waals surface area contributed by atoms with Crippen LogP contribution < -0.4 is 11.0 Å². The van der Waals surface area contributed by atoms with E-state index in [1.165, 1.54) is 22.0 Å². The van der Waals surface area contributed by atoms with E-state index in [-0.39, 0.29) is 62.4 Å². The summed E-state index contributed by atoms with van der Waals surface area (Å²) in [7, 11) is 0. The Balaban J connectivity index is 1.35. The molecule has 1 aromatic heterocycles. The van der Waals surface area contributed by atoms with Crippen molar-refractivity contribution in [1.29, 1.82) is 0 Å². The molecule has 44 heavy (non-hydrogen) atoms. The fourth-order valence-corrected chi connectivity index (χ4v) is 5.95. The van der Waals surface area contributed by atoms with Crippen LogP contribution in [-0.2, 0) is 29.1 Å². The van der Waals surface area contributed by atoms with Gasteiger partial charge in [-0.3, -0.25) is 9.59 Å². The van der Waals surface area contributed by atoms with E-state index in [1.807, 2.05) is 42.5 Å². The van der Waals surface area contributed by atoms with Crippen molar-refractivity contribution in [2.24, 2.45) is 0 Å². The highest BCUT2D eigenvalue weighted by Gasteiger charge is 2.51. The molecule has 4 N–H and O–H groups in total. The standard InChI is InChI=1S/C32H33N7O5/c1-2-14-37-20-29(41)38-27(16-21-8-11-24(40)12-9-21)30(42)36(18-23-10-13-25-26(15-23)35-31(43)34-25)19-28(38)39(37)32(44)33-17-22-6-4-3-5-7-22/h2-13,15,27-28,40H,1,14,16-20H2,(H,33,44)(H2,34,35,43)/t27-,28-/m0/s1. The van der Waals surface area contributed by atoms with E-state index in [1.54, 1.807) is 34.2 Å². The summed E-state index contributed by atoms with van der Waals surface area (Å²) in [4.78, 5) is 62.2. The number of nitrogens with zero attached hydrogens (tertiary/aromatic N) is 4. The molecule has 2 aliphatic heterocycles. The van der Waals surface area contributed by atoms with Crippen LogP contribution in [0.1, 0.15) is 16.7 Å². The first-order valence-electron chi connectivity index (χ1n) is 14.4. The number of imidazole rings is 1. The number of urea groups is 1. The average Bonchev–Trinajstić information content (AvgIpc) is 3.39. The SMILES string of the molecule is C=CCN1CC(=O)N2[C@@H](Cc3ccc(O)cc3)C(=O)N(Cc3ccc4[nH]c(=O)[nH]c4c3)C[C@@H]2N1C(=O)NCc1ccccc1. The number of piperazine rings is 1. The molecule has 2 aliphatic rings. The van der Waals surface area contributed by atoms with Crippen LogP contribution in [0, 0.1) is 0 Å². The number of carbonyl (C=O) groups is 3. The molecule has 2 atom stereocenters. The third-order valence-corrected chi connectivity index (χ3v) is 7.98. The normalized spacial score (nSPS) is 18.9. The fraction of sp³-hybridized carbons (Fsp3) is 0.250. The van der Waals surface area contributed by atoms with Crippen molar-refractivity contribution in [3.63, 3.8) is 0 Å². The minimum atomic E-state index is -0.892. The Morgan fingerprint density at radius 3 is 2.43 bits per heavy atom. The molecule has 2 saturated heterocycles. The first-order valence-corrected chi connectivity index (χ1v) is 14.4. The van der Waals surface area contributed by atoms with Crippen molar-refractivity contribution in [3.8, 4) is 5.75 Å². The van der Waals surface area contributed by atoms with Crippen LogP contribution in [0.4, 0.5) is 4.79 Å². The molecule has 12 nitrogen and oxygen atoms in total. The maximum Gasteiger partial charge on any atom is 0.334 e. The quantitative estimate of drug-likeness (QED) is 0.230. The van der Waals surface area contributed by atoms with Crippen LogP contribution in [0.15, 0.2) is 90.2 Å². The van der Waals surface area contributed by atoms with Crippen LogP contribution >= 0.6 is 0 Å². The second-order valence-electron chi connectivity index (χ2n) is 11.0. The number of amides is 4. The zero-order valence-corrected chi connectivity index (χ0v) is 24.0. The molecule has 0 aliphatic carbocycles. The monoisotopic (exact) mass is 595 g/mol. The van der Waals surface area contributed by atoms with Crippen LogP contribution in [0.5, 0.6) is 5.75 Å². The smallest absolute Gasteiger partial charge is 0.334 e. The van der Waals surface area contributed by atoms with E-state index >= 15 is 0 Å². The summed E-state index contributed by atoms with van der Waals surface area (Å²) in [5.74, 6) is -0.434. The molecule has 3 aromatic carbocycles. The number of phenolic OH excluding ortho intramolecular Hbond substituents is 1. The number of carbonyl (C=O) groups excluding carboxylic acids is 3. The minimum absolute atomic E-state index is 0.0742. The lowest BCUT2D eigenvalue weighted by atomic mass is 9.98. The summed E-state index contributed by atoms with van der Waals surface area (Å²) in [5, 5.41) is 16.0. The number of H-pyrrole nitrogens is 2. The van der Waals surface area contributed by atoms with Crippen LogP contribution in [-0.4, -0.2) is 84.6 Å². The number of phenols is 1. The van der Waals surface area contributed by atoms with E-state index in [2.05, 4.69) is 21.9 Å². The van der Waals surface area contributed by atoms with Crippen molar-refractivity contribution in [2.75, 3.05) is 19.6 Å². The number of fused-ring (bicyclic) bond motifs is 2. The van der Waals surface area contributed by atoms with Crippen LogP contribution in [0.2, 0.25) is 0 Å². The maximum atomic E-state index is 14.1. The highest BCUT2D eigenvalue weighted by atomic mass is 16.3. The van der Waals surface area contributed by atoms with Crippen molar-refractivity contribution in [2.45, 2.75) is 31.7 Å². The molecule has 0 spiro atoms. The number of aromatic hydroxyl groups is 1. The van der Waals surface area contributed by atoms with Crippen LogP contribution in [0.3, 0.4) is 0 Å². The molecule has 0 bridgehead atoms. The first-order chi connectivity index (χ1) is 21.3. The summed E-state index contributed by atoms with van der Waals surface area (Å²) in [5.41, 5.74) is 3.41. The number of benzene rings is 3. The van der Waals surface area contributed by atoms with Crippen molar-refractivity contribution in [3.05, 3.63) is 113 Å². The Bertz CT molecular complexity index is 1750. The molecule has 0 radical (unpaired) electrons. The van der Waals surface area contributed by atoms with E-state index in [9.17, 15) is 24.3 Å². The van der Waals surface area contributed by atoms with Gasteiger partial charge in [-0.05, 0) is 41.0 Å². The average molecular weight is 596 g/mol. The molecule has 4 aromatic rings. The predicted octanol–water partition coefficient (Wildman–Crippen LogP) is 2.30. The van der Waals surface area contributed by atoms with E-state index < -0.39 is 18.2 Å². The third kappa shape index (κ3) is 5.79. The molecule has 12 heteroatoms. The first kappa shape index (κ1) is 28.7. The molecular weight excluding hydrogens is 562 g/mol. The molecule has 3 heterocycles. The van der Waals surface area contributed by atoms with E-state index in [4.69, 9.17) is 0 Å².